The van der Waals surface area contributed by atoms with Crippen molar-refractivity contribution in [2.24, 2.45) is 11.1 Å². The molecule has 0 radical (unpaired) electrons. The summed E-state index contributed by atoms with van der Waals surface area (Å²) in [4.78, 5) is 11.6. The zero-order valence-corrected chi connectivity index (χ0v) is 12.5. The lowest BCUT2D eigenvalue weighted by Gasteiger charge is -2.09. The van der Waals surface area contributed by atoms with E-state index in [9.17, 15) is 18.3 Å². The van der Waals surface area contributed by atoms with Crippen molar-refractivity contribution in [3.8, 4) is 0 Å². The van der Waals surface area contributed by atoms with E-state index in [1.54, 1.807) is 24.3 Å². The average Bonchev–Trinajstić information content (AvgIpc) is 3.11. The lowest BCUT2D eigenvalue weighted by molar-refractivity contribution is -0.143. The van der Waals surface area contributed by atoms with Crippen LogP contribution in [-0.4, -0.2) is 37.0 Å². The summed E-state index contributed by atoms with van der Waals surface area (Å²) < 4.78 is 24.3. The largest absolute Gasteiger partial charge is 0.481 e. The first-order valence-corrected chi connectivity index (χ1v) is 8.31. The summed E-state index contributed by atoms with van der Waals surface area (Å²) in [5.74, 6) is -1.88. The van der Waals surface area contributed by atoms with Crippen molar-refractivity contribution < 1.29 is 18.3 Å². The molecule has 1 saturated carbocycles. The van der Waals surface area contributed by atoms with Gasteiger partial charge in [-0.3, -0.25) is 4.79 Å². The lowest BCUT2D eigenvalue weighted by atomic mass is 9.99. The molecule has 1 aromatic carbocycles. The maximum atomic E-state index is 12.1. The predicted octanol–water partition coefficient (Wildman–Crippen LogP) is 1.27. The highest BCUT2D eigenvalue weighted by Crippen LogP contribution is 2.62. The topological polar surface area (TPSA) is 97.5 Å². The van der Waals surface area contributed by atoms with Gasteiger partial charge < -0.3 is 10.8 Å². The molecule has 0 unspecified atom stereocenters. The summed E-state index contributed by atoms with van der Waals surface area (Å²) in [6.07, 6.45) is 0. The SMILES string of the molecule is CCS(=O)(=O)[C@@H]1[C@H](c2ccc(Cl)cc2)[C@@]1(CN)C(=O)O. The van der Waals surface area contributed by atoms with Crippen LogP contribution in [0.3, 0.4) is 0 Å². The van der Waals surface area contributed by atoms with E-state index in [1.165, 1.54) is 6.92 Å². The molecule has 0 spiro atoms. The van der Waals surface area contributed by atoms with Crippen molar-refractivity contribution in [1.29, 1.82) is 0 Å². The Balaban J connectivity index is 2.50. The molecular weight excluding hydrogens is 302 g/mol. The van der Waals surface area contributed by atoms with Crippen molar-refractivity contribution >= 4 is 27.4 Å². The van der Waals surface area contributed by atoms with Crippen LogP contribution in [0.2, 0.25) is 5.02 Å². The maximum absolute atomic E-state index is 12.1. The zero-order valence-electron chi connectivity index (χ0n) is 10.9. The van der Waals surface area contributed by atoms with E-state index in [1.807, 2.05) is 0 Å². The average molecular weight is 318 g/mol. The number of carboxylic acid groups (broad SMARTS) is 1. The van der Waals surface area contributed by atoms with Crippen LogP contribution < -0.4 is 5.73 Å². The van der Waals surface area contributed by atoms with Gasteiger partial charge in [0.2, 0.25) is 0 Å². The predicted molar refractivity (Wildman–Crippen MR) is 76.6 cm³/mol. The number of hydrogen-bond acceptors (Lipinski definition) is 4. The number of nitrogens with two attached hydrogens (primary N) is 1. The number of halogens is 1. The van der Waals surface area contributed by atoms with Crippen LogP contribution in [0.25, 0.3) is 0 Å². The highest BCUT2D eigenvalue weighted by atomic mass is 35.5. The highest BCUT2D eigenvalue weighted by Gasteiger charge is 2.74. The molecule has 7 heteroatoms. The molecule has 0 amide bonds. The summed E-state index contributed by atoms with van der Waals surface area (Å²) in [7, 11) is -3.49. The Bertz CT molecular complexity index is 628. The van der Waals surface area contributed by atoms with E-state index in [-0.39, 0.29) is 12.3 Å². The number of carboxylic acids is 1. The molecule has 5 nitrogen and oxygen atoms in total. The Morgan fingerprint density at radius 3 is 2.35 bits per heavy atom. The minimum atomic E-state index is -3.49. The smallest absolute Gasteiger partial charge is 0.312 e. The van der Waals surface area contributed by atoms with Gasteiger partial charge in [-0.05, 0) is 17.7 Å². The van der Waals surface area contributed by atoms with Gasteiger partial charge in [-0.1, -0.05) is 30.7 Å². The highest BCUT2D eigenvalue weighted by molar-refractivity contribution is 7.92. The van der Waals surface area contributed by atoms with E-state index < -0.39 is 32.4 Å². The lowest BCUT2D eigenvalue weighted by Crippen LogP contribution is -2.32. The van der Waals surface area contributed by atoms with Gasteiger partial charge in [-0.2, -0.15) is 0 Å². The third-order valence-electron chi connectivity index (χ3n) is 4.01. The second kappa shape index (κ2) is 5.02. The van der Waals surface area contributed by atoms with Crippen LogP contribution in [0.15, 0.2) is 24.3 Å². The van der Waals surface area contributed by atoms with Gasteiger partial charge in [-0.15, -0.1) is 0 Å². The summed E-state index contributed by atoms with van der Waals surface area (Å²) in [6, 6.07) is 6.55. The van der Waals surface area contributed by atoms with Gasteiger partial charge in [0.1, 0.15) is 5.41 Å². The maximum Gasteiger partial charge on any atom is 0.312 e. The Morgan fingerprint density at radius 2 is 1.95 bits per heavy atom. The molecule has 0 heterocycles. The van der Waals surface area contributed by atoms with Gasteiger partial charge in [0.05, 0.1) is 5.25 Å². The fourth-order valence-electron chi connectivity index (χ4n) is 2.84. The fourth-order valence-corrected chi connectivity index (χ4v) is 5.05. The number of hydrogen-bond donors (Lipinski definition) is 2. The molecule has 3 N–H and O–H groups in total. The van der Waals surface area contributed by atoms with E-state index in [0.717, 1.165) is 0 Å². The minimum Gasteiger partial charge on any atom is -0.481 e. The molecule has 0 aromatic heterocycles. The molecule has 0 saturated heterocycles. The Morgan fingerprint density at radius 1 is 1.40 bits per heavy atom. The van der Waals surface area contributed by atoms with Gasteiger partial charge >= 0.3 is 5.97 Å². The molecule has 1 fully saturated rings. The molecule has 0 bridgehead atoms. The van der Waals surface area contributed by atoms with E-state index in [4.69, 9.17) is 17.3 Å². The summed E-state index contributed by atoms with van der Waals surface area (Å²) >= 11 is 5.80. The van der Waals surface area contributed by atoms with E-state index >= 15 is 0 Å². The van der Waals surface area contributed by atoms with Gasteiger partial charge in [0.25, 0.3) is 0 Å². The van der Waals surface area contributed by atoms with Crippen molar-refractivity contribution in [2.45, 2.75) is 18.1 Å². The Labute approximate surface area is 122 Å². The summed E-state index contributed by atoms with van der Waals surface area (Å²) in [6.45, 7) is 1.30. The Hall–Kier alpha value is -1.11. The van der Waals surface area contributed by atoms with Gasteiger partial charge in [0.15, 0.2) is 9.84 Å². The molecule has 20 heavy (non-hydrogen) atoms. The van der Waals surface area contributed by atoms with Crippen molar-refractivity contribution in [2.75, 3.05) is 12.3 Å². The third-order valence-corrected chi connectivity index (χ3v) is 6.53. The summed E-state index contributed by atoms with van der Waals surface area (Å²) in [5, 5.41) is 8.99. The number of benzene rings is 1. The second-order valence-electron chi connectivity index (χ2n) is 4.95. The quantitative estimate of drug-likeness (QED) is 0.852. The van der Waals surface area contributed by atoms with E-state index in [0.29, 0.717) is 10.6 Å². The van der Waals surface area contributed by atoms with Crippen molar-refractivity contribution in [3.63, 3.8) is 0 Å². The van der Waals surface area contributed by atoms with E-state index in [2.05, 4.69) is 0 Å². The van der Waals surface area contributed by atoms with Crippen LogP contribution in [0.4, 0.5) is 0 Å². The normalized spacial score (nSPS) is 29.1. The Kier molecular flexibility index (Phi) is 3.83. The molecule has 1 aliphatic rings. The summed E-state index contributed by atoms with van der Waals surface area (Å²) in [5.41, 5.74) is 4.81. The molecule has 3 atom stereocenters. The monoisotopic (exact) mass is 317 g/mol. The number of rotatable bonds is 5. The third kappa shape index (κ3) is 2.12. The van der Waals surface area contributed by atoms with Crippen LogP contribution in [0, 0.1) is 5.41 Å². The number of sulfone groups is 1. The fraction of sp³-hybridized carbons (Fsp3) is 0.462. The molecular formula is C13H16ClNO4S. The van der Waals surface area contributed by atoms with Crippen LogP contribution in [0.5, 0.6) is 0 Å². The molecule has 0 aliphatic heterocycles. The second-order valence-corrected chi connectivity index (χ2v) is 7.80. The first-order valence-electron chi connectivity index (χ1n) is 6.21. The first kappa shape index (κ1) is 15.3. The van der Waals surface area contributed by atoms with Crippen LogP contribution >= 0.6 is 11.6 Å². The van der Waals surface area contributed by atoms with Crippen molar-refractivity contribution in [3.05, 3.63) is 34.9 Å². The van der Waals surface area contributed by atoms with Crippen LogP contribution in [-0.2, 0) is 14.6 Å². The zero-order chi connectivity index (χ0) is 15.1. The standard InChI is InChI=1S/C13H16ClNO4S/c1-2-20(18,19)11-10(13(11,7-15)12(16)17)8-3-5-9(14)6-4-8/h3-6,10-11H,2,7,15H2,1H3,(H,16,17)/t10-,11+,13+/m0/s1. The number of carbonyl (C=O) groups is 1. The molecule has 110 valence electrons. The van der Waals surface area contributed by atoms with Crippen LogP contribution in [0.1, 0.15) is 18.4 Å². The minimum absolute atomic E-state index is 0.100. The van der Waals surface area contributed by atoms with Crippen molar-refractivity contribution in [1.82, 2.24) is 0 Å². The molecule has 1 aliphatic carbocycles. The molecule has 1 aromatic rings. The number of aliphatic carboxylic acids is 1. The van der Waals surface area contributed by atoms with Gasteiger partial charge in [-0.25, -0.2) is 8.42 Å². The first-order chi connectivity index (χ1) is 9.31. The van der Waals surface area contributed by atoms with Gasteiger partial charge in [0, 0.05) is 23.2 Å². The molecule has 2 rings (SSSR count).